The van der Waals surface area contributed by atoms with Crippen molar-refractivity contribution in [2.45, 2.75) is 57.8 Å². The highest BCUT2D eigenvalue weighted by Crippen LogP contribution is 2.42. The van der Waals surface area contributed by atoms with E-state index in [0.29, 0.717) is 10.8 Å². The molecule has 0 aliphatic carbocycles. The van der Waals surface area contributed by atoms with Crippen LogP contribution in [0.2, 0.25) is 5.02 Å². The Morgan fingerprint density at radius 1 is 1.22 bits per heavy atom. The monoisotopic (exact) mass is 387 g/mol. The summed E-state index contributed by atoms with van der Waals surface area (Å²) in [6, 6.07) is 14.8. The highest BCUT2D eigenvalue weighted by molar-refractivity contribution is 6.30. The van der Waals surface area contributed by atoms with Gasteiger partial charge in [-0.1, -0.05) is 43.6 Å². The van der Waals surface area contributed by atoms with Crippen LogP contribution in [0.15, 0.2) is 48.5 Å². The van der Waals surface area contributed by atoms with E-state index in [1.807, 2.05) is 24.3 Å². The maximum atomic E-state index is 12.8. The van der Waals surface area contributed by atoms with Crippen LogP contribution in [-0.2, 0) is 4.79 Å². The van der Waals surface area contributed by atoms with Gasteiger partial charge in [0.15, 0.2) is 6.10 Å². The molecule has 27 heavy (non-hydrogen) atoms. The Labute approximate surface area is 165 Å². The first-order valence-corrected chi connectivity index (χ1v) is 9.84. The van der Waals surface area contributed by atoms with Crippen molar-refractivity contribution < 1.29 is 14.3 Å². The summed E-state index contributed by atoms with van der Waals surface area (Å²) >= 11 is 5.89. The van der Waals surface area contributed by atoms with E-state index >= 15 is 0 Å². The van der Waals surface area contributed by atoms with Crippen molar-refractivity contribution in [1.82, 2.24) is 5.32 Å². The van der Waals surface area contributed by atoms with Gasteiger partial charge in [-0.05, 0) is 50.1 Å². The molecule has 2 aromatic carbocycles. The fourth-order valence-electron chi connectivity index (χ4n) is 3.49. The van der Waals surface area contributed by atoms with Gasteiger partial charge in [0.2, 0.25) is 0 Å². The lowest BCUT2D eigenvalue weighted by atomic mass is 9.83. The van der Waals surface area contributed by atoms with Gasteiger partial charge in [0.05, 0.1) is 6.04 Å². The minimum absolute atomic E-state index is 0.0985. The number of nitrogens with one attached hydrogen (secondary N) is 1. The molecule has 0 bridgehead atoms. The van der Waals surface area contributed by atoms with Gasteiger partial charge in [-0.2, -0.15) is 0 Å². The SMILES string of the molecule is CCC1(CC)C[C@H](NC(=O)[C@H](C)Oc2ccc(Cl)cc2)c2ccccc2O1. The third kappa shape index (κ3) is 4.38. The summed E-state index contributed by atoms with van der Waals surface area (Å²) in [6.07, 6.45) is 1.91. The maximum absolute atomic E-state index is 12.8. The van der Waals surface area contributed by atoms with Gasteiger partial charge >= 0.3 is 0 Å². The molecule has 2 atom stereocenters. The molecule has 0 aromatic heterocycles. The Kier molecular flexibility index (Phi) is 5.95. The molecular formula is C22H26ClNO3. The van der Waals surface area contributed by atoms with E-state index in [0.717, 1.165) is 30.6 Å². The number of fused-ring (bicyclic) bond motifs is 1. The summed E-state index contributed by atoms with van der Waals surface area (Å²) in [7, 11) is 0. The van der Waals surface area contributed by atoms with Crippen molar-refractivity contribution in [3.05, 3.63) is 59.1 Å². The minimum atomic E-state index is -0.612. The molecule has 0 saturated carbocycles. The van der Waals surface area contributed by atoms with Gasteiger partial charge < -0.3 is 14.8 Å². The normalized spacial score (nSPS) is 18.7. The van der Waals surface area contributed by atoms with Crippen LogP contribution in [-0.4, -0.2) is 17.6 Å². The van der Waals surface area contributed by atoms with Crippen molar-refractivity contribution in [3.63, 3.8) is 0 Å². The van der Waals surface area contributed by atoms with E-state index in [9.17, 15) is 4.79 Å². The summed E-state index contributed by atoms with van der Waals surface area (Å²) < 4.78 is 12.1. The van der Waals surface area contributed by atoms with E-state index < -0.39 is 6.10 Å². The number of halogens is 1. The molecule has 0 fully saturated rings. The Hall–Kier alpha value is -2.20. The van der Waals surface area contributed by atoms with Crippen LogP contribution in [0.5, 0.6) is 11.5 Å². The number of rotatable bonds is 6. The zero-order valence-corrected chi connectivity index (χ0v) is 16.8. The first-order chi connectivity index (χ1) is 13.0. The number of amides is 1. The van der Waals surface area contributed by atoms with Gasteiger partial charge in [-0.3, -0.25) is 4.79 Å². The second kappa shape index (κ2) is 8.22. The van der Waals surface area contributed by atoms with Gasteiger partial charge in [0.1, 0.15) is 17.1 Å². The van der Waals surface area contributed by atoms with E-state index in [1.54, 1.807) is 31.2 Å². The van der Waals surface area contributed by atoms with Crippen LogP contribution in [0.25, 0.3) is 0 Å². The fourth-order valence-corrected chi connectivity index (χ4v) is 3.62. The highest BCUT2D eigenvalue weighted by Gasteiger charge is 2.39. The predicted octanol–water partition coefficient (Wildman–Crippen LogP) is 5.31. The fraction of sp³-hybridized carbons (Fsp3) is 0.409. The van der Waals surface area contributed by atoms with E-state index in [1.165, 1.54) is 0 Å². The van der Waals surface area contributed by atoms with Gasteiger partial charge in [-0.25, -0.2) is 0 Å². The molecular weight excluding hydrogens is 362 g/mol. The molecule has 0 radical (unpaired) electrons. The second-order valence-electron chi connectivity index (χ2n) is 7.01. The number of hydrogen-bond acceptors (Lipinski definition) is 3. The van der Waals surface area contributed by atoms with Crippen LogP contribution >= 0.6 is 11.6 Å². The molecule has 0 saturated heterocycles. The molecule has 1 aliphatic heterocycles. The number of carbonyl (C=O) groups is 1. The van der Waals surface area contributed by atoms with Crippen LogP contribution in [0.3, 0.4) is 0 Å². The standard InChI is InChI=1S/C22H26ClNO3/c1-4-22(5-2)14-19(18-8-6-7-9-20(18)27-22)24-21(25)15(3)26-17-12-10-16(23)11-13-17/h6-13,15,19H,4-5,14H2,1-3H3,(H,24,25)/t15-,19-/m0/s1. The Balaban J connectivity index is 1.74. The zero-order chi connectivity index (χ0) is 19.4. The third-order valence-corrected chi connectivity index (χ3v) is 5.55. The summed E-state index contributed by atoms with van der Waals surface area (Å²) in [5.74, 6) is 1.32. The molecule has 0 spiro atoms. The molecule has 144 valence electrons. The van der Waals surface area contributed by atoms with Crippen LogP contribution < -0.4 is 14.8 Å². The third-order valence-electron chi connectivity index (χ3n) is 5.30. The van der Waals surface area contributed by atoms with Crippen molar-refractivity contribution in [3.8, 4) is 11.5 Å². The summed E-state index contributed by atoms with van der Waals surface area (Å²) in [5.41, 5.74) is 0.758. The summed E-state index contributed by atoms with van der Waals surface area (Å²) in [4.78, 5) is 12.8. The van der Waals surface area contributed by atoms with Crippen molar-refractivity contribution >= 4 is 17.5 Å². The van der Waals surface area contributed by atoms with Crippen molar-refractivity contribution in [2.75, 3.05) is 0 Å². The Bertz CT molecular complexity index is 786. The number of para-hydroxylation sites is 1. The van der Waals surface area contributed by atoms with Crippen molar-refractivity contribution in [2.24, 2.45) is 0 Å². The first kappa shape index (κ1) is 19.6. The van der Waals surface area contributed by atoms with Gasteiger partial charge in [0, 0.05) is 17.0 Å². The minimum Gasteiger partial charge on any atom is -0.487 e. The average molecular weight is 388 g/mol. The quantitative estimate of drug-likeness (QED) is 0.731. The van der Waals surface area contributed by atoms with E-state index in [4.69, 9.17) is 21.1 Å². The topological polar surface area (TPSA) is 47.6 Å². The summed E-state index contributed by atoms with van der Waals surface area (Å²) in [6.45, 7) is 6.01. The van der Waals surface area contributed by atoms with Crippen LogP contribution in [0, 0.1) is 0 Å². The Morgan fingerprint density at radius 2 is 1.89 bits per heavy atom. The summed E-state index contributed by atoms with van der Waals surface area (Å²) in [5, 5.41) is 3.79. The zero-order valence-electron chi connectivity index (χ0n) is 16.0. The van der Waals surface area contributed by atoms with E-state index in [2.05, 4.69) is 19.2 Å². The number of benzene rings is 2. The molecule has 1 amide bonds. The second-order valence-corrected chi connectivity index (χ2v) is 7.45. The number of ether oxygens (including phenoxy) is 2. The Morgan fingerprint density at radius 3 is 2.56 bits per heavy atom. The first-order valence-electron chi connectivity index (χ1n) is 9.47. The number of hydrogen-bond donors (Lipinski definition) is 1. The lowest BCUT2D eigenvalue weighted by Gasteiger charge is -2.41. The highest BCUT2D eigenvalue weighted by atomic mass is 35.5. The molecule has 1 aliphatic rings. The average Bonchev–Trinajstić information content (AvgIpc) is 2.69. The lowest BCUT2D eigenvalue weighted by Crippen LogP contribution is -2.46. The molecule has 3 rings (SSSR count). The van der Waals surface area contributed by atoms with Crippen LogP contribution in [0.4, 0.5) is 0 Å². The molecule has 1 N–H and O–H groups in total. The van der Waals surface area contributed by atoms with Crippen molar-refractivity contribution in [1.29, 1.82) is 0 Å². The number of carbonyl (C=O) groups excluding carboxylic acids is 1. The smallest absolute Gasteiger partial charge is 0.261 e. The predicted molar refractivity (Wildman–Crippen MR) is 107 cm³/mol. The van der Waals surface area contributed by atoms with Gasteiger partial charge in [0.25, 0.3) is 5.91 Å². The largest absolute Gasteiger partial charge is 0.487 e. The maximum Gasteiger partial charge on any atom is 0.261 e. The molecule has 5 heteroatoms. The molecule has 1 heterocycles. The molecule has 2 aromatic rings. The molecule has 4 nitrogen and oxygen atoms in total. The van der Waals surface area contributed by atoms with Gasteiger partial charge in [-0.15, -0.1) is 0 Å². The lowest BCUT2D eigenvalue weighted by molar-refractivity contribution is -0.128. The molecule has 0 unspecified atom stereocenters. The van der Waals surface area contributed by atoms with E-state index in [-0.39, 0.29) is 17.6 Å². The van der Waals surface area contributed by atoms with Crippen LogP contribution in [0.1, 0.15) is 51.6 Å².